The number of halogens is 1. The highest BCUT2D eigenvalue weighted by Crippen LogP contribution is 2.58. The predicted molar refractivity (Wildman–Crippen MR) is 107 cm³/mol. The molecule has 9 heteroatoms. The van der Waals surface area contributed by atoms with E-state index in [-0.39, 0.29) is 17.4 Å². The van der Waals surface area contributed by atoms with Crippen molar-refractivity contribution in [2.75, 3.05) is 18.7 Å². The average molecular weight is 412 g/mol. The third-order valence-electron chi connectivity index (χ3n) is 4.02. The maximum atomic E-state index is 12.3. The summed E-state index contributed by atoms with van der Waals surface area (Å²) in [5.74, 6) is -0.492. The minimum atomic E-state index is -0.805. The van der Waals surface area contributed by atoms with Crippen molar-refractivity contribution in [1.82, 2.24) is 4.90 Å². The van der Waals surface area contributed by atoms with Gasteiger partial charge in [0.2, 0.25) is 9.37 Å². The summed E-state index contributed by atoms with van der Waals surface area (Å²) in [4.78, 5) is 27.0. The summed E-state index contributed by atoms with van der Waals surface area (Å²) in [7, 11) is 1.89. The number of rotatable bonds is 4. The molecule has 0 amide bonds. The number of Topliss-reactive ketones (excluding diaryl/α,β-unsaturated/α-hetero) is 1. The SMILES string of the molecule is CCOC(=O)C1=NN(c2ccc(Cl)cc2)C2(S1)SC(C(C)=O)=C(C)N2C. The van der Waals surface area contributed by atoms with Crippen LogP contribution in [0, 0.1) is 0 Å². The first-order chi connectivity index (χ1) is 12.3. The van der Waals surface area contributed by atoms with Gasteiger partial charge in [-0.05, 0) is 56.8 Å². The van der Waals surface area contributed by atoms with Gasteiger partial charge < -0.3 is 9.64 Å². The van der Waals surface area contributed by atoms with Crippen LogP contribution in [-0.2, 0) is 14.3 Å². The Bertz CT molecular complexity index is 825. The monoisotopic (exact) mass is 411 g/mol. The van der Waals surface area contributed by atoms with E-state index in [1.165, 1.54) is 30.4 Å². The molecule has 1 aromatic carbocycles. The van der Waals surface area contributed by atoms with E-state index in [4.69, 9.17) is 16.3 Å². The molecule has 26 heavy (non-hydrogen) atoms. The zero-order valence-corrected chi connectivity index (χ0v) is 17.2. The van der Waals surface area contributed by atoms with E-state index >= 15 is 0 Å². The van der Waals surface area contributed by atoms with Gasteiger partial charge in [0, 0.05) is 17.8 Å². The number of esters is 1. The number of allylic oxidation sites excluding steroid dienone is 2. The Kier molecular flexibility index (Phi) is 5.28. The van der Waals surface area contributed by atoms with Crippen molar-refractivity contribution in [3.63, 3.8) is 0 Å². The van der Waals surface area contributed by atoms with E-state index in [1.54, 1.807) is 24.1 Å². The van der Waals surface area contributed by atoms with Crippen molar-refractivity contribution in [2.45, 2.75) is 25.1 Å². The fourth-order valence-corrected chi connectivity index (χ4v) is 5.67. The number of carbonyl (C=O) groups excluding carboxylic acids is 2. The zero-order valence-electron chi connectivity index (χ0n) is 14.8. The summed E-state index contributed by atoms with van der Waals surface area (Å²) < 4.78 is 4.32. The van der Waals surface area contributed by atoms with Crippen molar-refractivity contribution in [3.8, 4) is 0 Å². The molecule has 0 aromatic heterocycles. The van der Waals surface area contributed by atoms with E-state index < -0.39 is 10.3 Å². The van der Waals surface area contributed by atoms with Gasteiger partial charge in [-0.15, -0.1) is 0 Å². The van der Waals surface area contributed by atoms with Crippen LogP contribution in [0.15, 0.2) is 40.0 Å². The van der Waals surface area contributed by atoms with E-state index in [0.29, 0.717) is 9.93 Å². The van der Waals surface area contributed by atoms with Gasteiger partial charge in [0.05, 0.1) is 17.2 Å². The molecular weight excluding hydrogens is 394 g/mol. The second-order valence-electron chi connectivity index (χ2n) is 5.70. The third kappa shape index (κ3) is 3.10. The molecule has 0 aliphatic carbocycles. The van der Waals surface area contributed by atoms with Crippen LogP contribution in [0.4, 0.5) is 5.69 Å². The van der Waals surface area contributed by atoms with E-state index in [9.17, 15) is 9.59 Å². The van der Waals surface area contributed by atoms with Crippen molar-refractivity contribution in [1.29, 1.82) is 0 Å². The number of carbonyl (C=O) groups is 2. The minimum Gasteiger partial charge on any atom is -0.461 e. The van der Waals surface area contributed by atoms with Gasteiger partial charge in [-0.25, -0.2) is 9.80 Å². The van der Waals surface area contributed by atoms with E-state index in [0.717, 1.165) is 11.4 Å². The molecule has 2 heterocycles. The molecule has 0 saturated heterocycles. The Hall–Kier alpha value is -1.64. The lowest BCUT2D eigenvalue weighted by molar-refractivity contribution is -0.134. The molecule has 6 nitrogen and oxygen atoms in total. The maximum absolute atomic E-state index is 12.3. The molecule has 0 bridgehead atoms. The van der Waals surface area contributed by atoms with Gasteiger partial charge in [-0.3, -0.25) is 4.79 Å². The highest BCUT2D eigenvalue weighted by molar-refractivity contribution is 8.28. The number of hydrogen-bond acceptors (Lipinski definition) is 8. The smallest absolute Gasteiger partial charge is 0.365 e. The number of hydrazone groups is 1. The summed E-state index contributed by atoms with van der Waals surface area (Å²) in [6, 6.07) is 7.19. The fourth-order valence-electron chi connectivity index (χ4n) is 2.66. The number of thioether (sulfide) groups is 2. The number of nitrogens with zero attached hydrogens (tertiary/aromatic N) is 3. The fraction of sp³-hybridized carbons (Fsp3) is 0.353. The highest BCUT2D eigenvalue weighted by atomic mass is 35.5. The van der Waals surface area contributed by atoms with Gasteiger partial charge in [0.1, 0.15) is 0 Å². The predicted octanol–water partition coefficient (Wildman–Crippen LogP) is 3.88. The van der Waals surface area contributed by atoms with E-state index in [2.05, 4.69) is 5.10 Å². The first kappa shape index (κ1) is 19.1. The summed E-state index contributed by atoms with van der Waals surface area (Å²) >= 11 is 8.66. The zero-order chi connectivity index (χ0) is 19.1. The molecule has 0 saturated carbocycles. The molecule has 1 atom stereocenters. The van der Waals surface area contributed by atoms with Crippen LogP contribution < -0.4 is 5.01 Å². The molecular formula is C17H18ClN3O3S2. The van der Waals surface area contributed by atoms with Crippen LogP contribution in [0.25, 0.3) is 0 Å². The molecule has 1 unspecified atom stereocenters. The first-order valence-corrected chi connectivity index (χ1v) is 9.96. The molecule has 0 radical (unpaired) electrons. The van der Waals surface area contributed by atoms with Crippen molar-refractivity contribution < 1.29 is 14.3 Å². The Morgan fingerprint density at radius 1 is 1.27 bits per heavy atom. The Morgan fingerprint density at radius 3 is 2.46 bits per heavy atom. The van der Waals surface area contributed by atoms with Crippen LogP contribution in [0.3, 0.4) is 0 Å². The van der Waals surface area contributed by atoms with E-state index in [1.807, 2.05) is 31.0 Å². The van der Waals surface area contributed by atoms with Crippen LogP contribution in [0.5, 0.6) is 0 Å². The average Bonchev–Trinajstić information content (AvgIpc) is 3.10. The first-order valence-electron chi connectivity index (χ1n) is 7.95. The van der Waals surface area contributed by atoms with Crippen LogP contribution in [0.1, 0.15) is 20.8 Å². The molecule has 3 rings (SSSR count). The lowest BCUT2D eigenvalue weighted by atomic mass is 10.3. The number of benzene rings is 1. The summed E-state index contributed by atoms with van der Waals surface area (Å²) in [5.41, 5.74) is 1.60. The summed E-state index contributed by atoms with van der Waals surface area (Å²) in [5, 5.41) is 7.11. The molecule has 138 valence electrons. The van der Waals surface area contributed by atoms with Gasteiger partial charge in [-0.2, -0.15) is 5.10 Å². The van der Waals surface area contributed by atoms with Gasteiger partial charge in [0.25, 0.3) is 0 Å². The third-order valence-corrected chi connectivity index (χ3v) is 7.43. The lowest BCUT2D eigenvalue weighted by Gasteiger charge is -2.39. The van der Waals surface area contributed by atoms with Crippen LogP contribution in [0.2, 0.25) is 5.02 Å². The molecule has 2 aliphatic rings. The van der Waals surface area contributed by atoms with Crippen LogP contribution in [-0.4, -0.2) is 39.7 Å². The van der Waals surface area contributed by atoms with Crippen molar-refractivity contribution in [3.05, 3.63) is 39.9 Å². The largest absolute Gasteiger partial charge is 0.461 e. The summed E-state index contributed by atoms with van der Waals surface area (Å²) in [6.07, 6.45) is 0. The quantitative estimate of drug-likeness (QED) is 0.696. The van der Waals surface area contributed by atoms with Gasteiger partial charge >= 0.3 is 5.97 Å². The second kappa shape index (κ2) is 7.17. The van der Waals surface area contributed by atoms with Gasteiger partial charge in [-0.1, -0.05) is 23.4 Å². The Labute approximate surface area is 165 Å². The number of ether oxygens (including phenoxy) is 1. The second-order valence-corrected chi connectivity index (χ2v) is 8.73. The maximum Gasteiger partial charge on any atom is 0.365 e. The lowest BCUT2D eigenvalue weighted by Crippen LogP contribution is -2.47. The molecule has 0 fully saturated rings. The molecule has 1 aromatic rings. The Balaban J connectivity index is 2.05. The topological polar surface area (TPSA) is 62.2 Å². The Morgan fingerprint density at radius 2 is 1.92 bits per heavy atom. The molecule has 1 spiro atoms. The number of ketones is 1. The van der Waals surface area contributed by atoms with Crippen LogP contribution >= 0.6 is 35.1 Å². The minimum absolute atomic E-state index is 0.0162. The highest BCUT2D eigenvalue weighted by Gasteiger charge is 2.56. The van der Waals surface area contributed by atoms with Crippen molar-refractivity contribution in [2.24, 2.45) is 5.10 Å². The van der Waals surface area contributed by atoms with Gasteiger partial charge in [0.15, 0.2) is 5.78 Å². The molecule has 2 aliphatic heterocycles. The normalized spacial score (nSPS) is 22.3. The number of hydrogen-bond donors (Lipinski definition) is 0. The summed E-state index contributed by atoms with van der Waals surface area (Å²) in [6.45, 7) is 5.45. The number of anilines is 1. The van der Waals surface area contributed by atoms with Crippen molar-refractivity contribution >= 4 is 57.6 Å². The molecule has 0 N–H and O–H groups in total. The standard InChI is InChI=1S/C17H18ClN3O3S2/c1-5-24-16(23)15-19-21(13-8-6-12(18)7-9-13)17(26-15)20(4)10(2)14(25-17)11(3)22/h6-9H,5H2,1-4H3.